The smallest absolute Gasteiger partial charge is 0.408 e. The second-order valence-corrected chi connectivity index (χ2v) is 7.54. The van der Waals surface area contributed by atoms with Crippen molar-refractivity contribution in [3.63, 3.8) is 0 Å². The van der Waals surface area contributed by atoms with Crippen LogP contribution < -0.4 is 10.7 Å². The van der Waals surface area contributed by atoms with Gasteiger partial charge in [-0.15, -0.1) is 0 Å². The number of nitrogens with one attached hydrogen (secondary N) is 2. The van der Waals surface area contributed by atoms with Crippen LogP contribution in [0.2, 0.25) is 0 Å². The Labute approximate surface area is 173 Å². The van der Waals surface area contributed by atoms with Crippen molar-refractivity contribution < 1.29 is 39.3 Å². The molecule has 0 heterocycles. The van der Waals surface area contributed by atoms with E-state index in [0.717, 1.165) is 17.3 Å². The zero-order valence-electron chi connectivity index (χ0n) is 16.5. The Balaban J connectivity index is 2.62. The maximum Gasteiger partial charge on any atom is 0.408 e. The number of alkyl carbamates (subject to hydrolysis) is 1. The highest BCUT2D eigenvalue weighted by molar-refractivity contribution is 8.13. The van der Waals surface area contributed by atoms with Crippen LogP contribution >= 0.6 is 11.8 Å². The van der Waals surface area contributed by atoms with Gasteiger partial charge < -0.3 is 20.0 Å². The lowest BCUT2D eigenvalue weighted by molar-refractivity contribution is -1.21. The van der Waals surface area contributed by atoms with E-state index in [-0.39, 0.29) is 25.6 Å². The number of hydrogen-bond acceptors (Lipinski definition) is 9. The van der Waals surface area contributed by atoms with E-state index in [1.54, 1.807) is 31.2 Å². The van der Waals surface area contributed by atoms with Crippen molar-refractivity contribution in [3.8, 4) is 0 Å². The zero-order valence-corrected chi connectivity index (χ0v) is 17.3. The molecule has 0 saturated carbocycles. The normalized spacial score (nSPS) is 13.3. The Hall–Kier alpha value is -2.18. The summed E-state index contributed by atoms with van der Waals surface area (Å²) in [6.07, 6.45) is -0.826. The van der Waals surface area contributed by atoms with Gasteiger partial charge in [0.15, 0.2) is 5.12 Å². The lowest BCUT2D eigenvalue weighted by Gasteiger charge is -2.23. The molecule has 1 aromatic rings. The maximum absolute atomic E-state index is 12.4. The van der Waals surface area contributed by atoms with Crippen LogP contribution in [0.1, 0.15) is 26.3 Å². The highest BCUT2D eigenvalue weighted by Gasteiger charge is 2.32. The molecule has 0 aliphatic rings. The topological polar surface area (TPSA) is 139 Å². The predicted octanol–water partition coefficient (Wildman–Crippen LogP) is 0.834. The minimum atomic E-state index is -1.48. The van der Waals surface area contributed by atoms with Crippen LogP contribution in [0.4, 0.5) is 4.79 Å². The van der Waals surface area contributed by atoms with Crippen molar-refractivity contribution in [2.24, 2.45) is 5.41 Å². The van der Waals surface area contributed by atoms with Gasteiger partial charge in [-0.3, -0.25) is 4.79 Å². The highest BCUT2D eigenvalue weighted by Crippen LogP contribution is 2.24. The minimum Gasteiger partial charge on any atom is -0.566 e. The number of quaternary nitrogens is 1. The number of thioether (sulfide) groups is 1. The molecule has 1 rings (SSSR count). The van der Waals surface area contributed by atoms with E-state index < -0.39 is 34.0 Å². The molecule has 29 heavy (non-hydrogen) atoms. The van der Waals surface area contributed by atoms with Crippen LogP contribution in [0.3, 0.4) is 0 Å². The number of amides is 1. The summed E-state index contributed by atoms with van der Waals surface area (Å²) in [6, 6.07) is 7.89. The molecule has 10 nitrogen and oxygen atoms in total. The molecule has 0 aromatic heterocycles. The molecule has 11 heteroatoms. The molecule has 0 bridgehead atoms. The Kier molecular flexibility index (Phi) is 10.6. The third-order valence-electron chi connectivity index (χ3n) is 3.57. The standard InChI is InChI=1S/C18H26N2O8S/c1-4-26-15(21)14(11-29-16(22)18(2,3)12-28-20(24)25)19-17(23)27-10-13-8-6-5-7-9-13/h5-9,14,20,24H,4,10-12H2,1-3H3,(H,19,23). The second kappa shape index (κ2) is 12.4. The van der Waals surface area contributed by atoms with Gasteiger partial charge in [0.05, 0.1) is 12.0 Å². The van der Waals surface area contributed by atoms with E-state index >= 15 is 0 Å². The number of benzene rings is 1. The van der Waals surface area contributed by atoms with Crippen LogP contribution in [-0.4, -0.2) is 47.4 Å². The molecule has 0 aliphatic carbocycles. The van der Waals surface area contributed by atoms with Crippen LogP contribution in [0, 0.1) is 10.6 Å². The summed E-state index contributed by atoms with van der Waals surface area (Å²) >= 11 is 0.771. The summed E-state index contributed by atoms with van der Waals surface area (Å²) in [6.45, 7) is 4.46. The summed E-state index contributed by atoms with van der Waals surface area (Å²) in [5, 5.41) is 19.6. The van der Waals surface area contributed by atoms with Crippen molar-refractivity contribution in [1.29, 1.82) is 0 Å². The first-order chi connectivity index (χ1) is 13.7. The first-order valence-electron chi connectivity index (χ1n) is 8.82. The van der Waals surface area contributed by atoms with E-state index in [1.165, 1.54) is 13.8 Å². The first kappa shape index (κ1) is 24.9. The van der Waals surface area contributed by atoms with Gasteiger partial charge in [-0.05, 0) is 26.3 Å². The summed E-state index contributed by atoms with van der Waals surface area (Å²) in [4.78, 5) is 41.0. The molecule has 0 radical (unpaired) electrons. The van der Waals surface area contributed by atoms with Gasteiger partial charge in [0, 0.05) is 5.75 Å². The van der Waals surface area contributed by atoms with Crippen molar-refractivity contribution >= 4 is 28.9 Å². The number of hydrogen-bond donors (Lipinski definition) is 3. The van der Waals surface area contributed by atoms with Crippen LogP contribution in [0.15, 0.2) is 30.3 Å². The van der Waals surface area contributed by atoms with Crippen LogP contribution in [0.5, 0.6) is 0 Å². The number of carbonyl (C=O) groups excluding carboxylic acids is 3. The predicted molar refractivity (Wildman–Crippen MR) is 103 cm³/mol. The summed E-state index contributed by atoms with van der Waals surface area (Å²) in [7, 11) is 0. The molecule has 0 saturated heterocycles. The van der Waals surface area contributed by atoms with Gasteiger partial charge in [0.25, 0.3) is 0 Å². The Morgan fingerprint density at radius 3 is 2.48 bits per heavy atom. The molecule has 0 fully saturated rings. The van der Waals surface area contributed by atoms with E-state index in [1.807, 2.05) is 6.07 Å². The monoisotopic (exact) mass is 430 g/mol. The third kappa shape index (κ3) is 9.72. The molecule has 0 aliphatic heterocycles. The fraction of sp³-hybridized carbons (Fsp3) is 0.500. The lowest BCUT2D eigenvalue weighted by atomic mass is 9.97. The summed E-state index contributed by atoms with van der Waals surface area (Å²) < 4.78 is 10.0. The minimum absolute atomic E-state index is 0.0217. The highest BCUT2D eigenvalue weighted by atomic mass is 32.2. The molecule has 3 N–H and O–H groups in total. The fourth-order valence-corrected chi connectivity index (χ4v) is 2.96. The van der Waals surface area contributed by atoms with E-state index in [4.69, 9.17) is 14.7 Å². The van der Waals surface area contributed by atoms with E-state index in [9.17, 15) is 19.6 Å². The summed E-state index contributed by atoms with van der Waals surface area (Å²) in [5.74, 6) is -0.807. The molecule has 2 atom stereocenters. The molecule has 2 unspecified atom stereocenters. The Morgan fingerprint density at radius 2 is 1.90 bits per heavy atom. The zero-order chi connectivity index (χ0) is 21.9. The summed E-state index contributed by atoms with van der Waals surface area (Å²) in [5.41, 5.74) is -0.323. The van der Waals surface area contributed by atoms with Crippen molar-refractivity contribution in [3.05, 3.63) is 41.1 Å². The second-order valence-electron chi connectivity index (χ2n) is 6.55. The van der Waals surface area contributed by atoms with Gasteiger partial charge in [-0.25, -0.2) is 9.59 Å². The third-order valence-corrected chi connectivity index (χ3v) is 4.88. The largest absolute Gasteiger partial charge is 0.566 e. The molecule has 0 spiro atoms. The Morgan fingerprint density at radius 1 is 1.24 bits per heavy atom. The quantitative estimate of drug-likeness (QED) is 0.344. The molecule has 1 aromatic carbocycles. The molecular formula is C18H26N2O8S. The van der Waals surface area contributed by atoms with Gasteiger partial charge in [-0.2, -0.15) is 10.0 Å². The average Bonchev–Trinajstić information content (AvgIpc) is 2.68. The number of carbonyl (C=O) groups is 3. The average molecular weight is 430 g/mol. The number of ether oxygens (including phenoxy) is 2. The first-order valence-corrected chi connectivity index (χ1v) is 9.81. The van der Waals surface area contributed by atoms with Gasteiger partial charge >= 0.3 is 12.1 Å². The SMILES string of the molecule is CCOC(=O)C(CSC(=O)C(C)(C)CO[NH+]([O-])O)NC(=O)OCc1ccccc1. The van der Waals surface area contributed by atoms with Crippen molar-refractivity contribution in [2.75, 3.05) is 19.0 Å². The Bertz CT molecular complexity index is 669. The van der Waals surface area contributed by atoms with Crippen molar-refractivity contribution in [1.82, 2.24) is 5.32 Å². The van der Waals surface area contributed by atoms with E-state index in [2.05, 4.69) is 10.2 Å². The van der Waals surface area contributed by atoms with Gasteiger partial charge in [0.2, 0.25) is 0 Å². The lowest BCUT2D eigenvalue weighted by Crippen LogP contribution is -3.03. The number of esters is 1. The van der Waals surface area contributed by atoms with Crippen molar-refractivity contribution in [2.45, 2.75) is 33.4 Å². The fourth-order valence-electron chi connectivity index (χ4n) is 1.97. The van der Waals surface area contributed by atoms with Gasteiger partial charge in [0.1, 0.15) is 19.3 Å². The van der Waals surface area contributed by atoms with E-state index in [0.29, 0.717) is 0 Å². The number of rotatable bonds is 11. The molecule has 1 amide bonds. The maximum atomic E-state index is 12.4. The van der Waals surface area contributed by atoms with Gasteiger partial charge in [-0.1, -0.05) is 47.5 Å². The molecule has 162 valence electrons. The molecular weight excluding hydrogens is 404 g/mol. The van der Waals surface area contributed by atoms with Crippen LogP contribution in [0.25, 0.3) is 0 Å². The van der Waals surface area contributed by atoms with Crippen LogP contribution in [-0.2, 0) is 30.5 Å².